The van der Waals surface area contributed by atoms with Gasteiger partial charge in [-0.1, -0.05) is 30.8 Å². The minimum Gasteiger partial charge on any atom is -0.361 e. The summed E-state index contributed by atoms with van der Waals surface area (Å²) in [6.07, 6.45) is 9.96. The fraction of sp³-hybridized carbons (Fsp3) is 0.556. The number of hydrogen-bond donors (Lipinski definition) is 2. The Kier molecular flexibility index (Phi) is 5.43. The van der Waals surface area contributed by atoms with Gasteiger partial charge in [-0.25, -0.2) is 4.98 Å². The predicted octanol–water partition coefficient (Wildman–Crippen LogP) is 2.98. The van der Waals surface area contributed by atoms with Crippen LogP contribution in [0.25, 0.3) is 11.3 Å². The summed E-state index contributed by atoms with van der Waals surface area (Å²) in [5.41, 5.74) is 8.44. The predicted molar refractivity (Wildman–Crippen MR) is 94.8 cm³/mol. The summed E-state index contributed by atoms with van der Waals surface area (Å²) in [5, 5.41) is 6.70. The fourth-order valence-electron chi connectivity index (χ4n) is 3.46. The topological polar surface area (TPSA) is 107 Å². The van der Waals surface area contributed by atoms with Crippen molar-refractivity contribution < 1.29 is 9.32 Å². The molecule has 1 amide bonds. The van der Waals surface area contributed by atoms with Crippen molar-refractivity contribution in [1.82, 2.24) is 15.1 Å². The second-order valence-electron chi connectivity index (χ2n) is 6.75. The van der Waals surface area contributed by atoms with Gasteiger partial charge in [0.1, 0.15) is 5.76 Å². The molecular formula is C18H25N5O2. The molecule has 1 aliphatic carbocycles. The molecule has 2 heterocycles. The molecule has 1 saturated carbocycles. The molecular weight excluding hydrogens is 318 g/mol. The Bertz CT molecular complexity index is 698. The minimum atomic E-state index is -0.498. The van der Waals surface area contributed by atoms with Crippen LogP contribution in [-0.2, 0) is 4.79 Å². The van der Waals surface area contributed by atoms with Gasteiger partial charge >= 0.3 is 0 Å². The highest BCUT2D eigenvalue weighted by molar-refractivity contribution is 5.94. The Labute approximate surface area is 147 Å². The highest BCUT2D eigenvalue weighted by Gasteiger charge is 2.25. The molecule has 2 aromatic rings. The van der Waals surface area contributed by atoms with Crippen LogP contribution >= 0.6 is 0 Å². The largest absolute Gasteiger partial charge is 0.361 e. The Morgan fingerprint density at radius 3 is 2.48 bits per heavy atom. The quantitative estimate of drug-likeness (QED) is 0.826. The van der Waals surface area contributed by atoms with Crippen LogP contribution in [0.4, 0.5) is 5.82 Å². The standard InChI is InChI=1S/C18H25N5O2/c1-11-16(12(2)25-23-11)14-9-21-15(10-20-14)22-18(24)17(19)13-7-5-3-4-6-8-13/h9-10,13,17H,3-8,19H2,1-2H3,(H,21,22,24)/t17-/m0/s1. The van der Waals surface area contributed by atoms with E-state index in [4.69, 9.17) is 10.3 Å². The second-order valence-corrected chi connectivity index (χ2v) is 6.75. The number of rotatable bonds is 4. The second kappa shape index (κ2) is 7.74. The van der Waals surface area contributed by atoms with Crippen molar-refractivity contribution in [2.75, 3.05) is 5.32 Å². The van der Waals surface area contributed by atoms with Crippen molar-refractivity contribution in [1.29, 1.82) is 0 Å². The van der Waals surface area contributed by atoms with Crippen molar-refractivity contribution in [2.45, 2.75) is 58.4 Å². The summed E-state index contributed by atoms with van der Waals surface area (Å²) in [7, 11) is 0. The summed E-state index contributed by atoms with van der Waals surface area (Å²) in [6, 6.07) is -0.498. The number of aromatic nitrogens is 3. The molecule has 134 valence electrons. The highest BCUT2D eigenvalue weighted by Crippen LogP contribution is 2.26. The third kappa shape index (κ3) is 4.04. The van der Waals surface area contributed by atoms with Gasteiger partial charge in [0.2, 0.25) is 5.91 Å². The van der Waals surface area contributed by atoms with Gasteiger partial charge in [0, 0.05) is 0 Å². The number of nitrogens with two attached hydrogens (primary N) is 1. The van der Waals surface area contributed by atoms with E-state index >= 15 is 0 Å². The van der Waals surface area contributed by atoms with Gasteiger partial charge in [-0.05, 0) is 32.6 Å². The summed E-state index contributed by atoms with van der Waals surface area (Å²) >= 11 is 0. The third-order valence-electron chi connectivity index (χ3n) is 4.90. The van der Waals surface area contributed by atoms with Gasteiger partial charge in [-0.15, -0.1) is 0 Å². The van der Waals surface area contributed by atoms with E-state index in [1.54, 1.807) is 12.4 Å². The van der Waals surface area contributed by atoms with Crippen LogP contribution in [-0.4, -0.2) is 27.1 Å². The maximum Gasteiger partial charge on any atom is 0.242 e. The van der Waals surface area contributed by atoms with E-state index in [1.807, 2.05) is 13.8 Å². The first-order valence-corrected chi connectivity index (χ1v) is 8.88. The van der Waals surface area contributed by atoms with E-state index in [2.05, 4.69) is 20.4 Å². The molecule has 2 aromatic heterocycles. The van der Waals surface area contributed by atoms with E-state index in [1.165, 1.54) is 12.8 Å². The average molecular weight is 343 g/mol. The van der Waals surface area contributed by atoms with E-state index < -0.39 is 6.04 Å². The number of carbonyl (C=O) groups is 1. The first kappa shape index (κ1) is 17.5. The van der Waals surface area contributed by atoms with Crippen LogP contribution in [0.1, 0.15) is 50.0 Å². The summed E-state index contributed by atoms with van der Waals surface area (Å²) in [4.78, 5) is 21.1. The Hall–Kier alpha value is -2.28. The van der Waals surface area contributed by atoms with Crippen molar-refractivity contribution in [3.63, 3.8) is 0 Å². The zero-order valence-electron chi connectivity index (χ0n) is 14.8. The molecule has 0 aromatic carbocycles. The average Bonchev–Trinajstić information content (AvgIpc) is 2.82. The molecule has 0 spiro atoms. The fourth-order valence-corrected chi connectivity index (χ4v) is 3.46. The number of nitrogens with zero attached hydrogens (tertiary/aromatic N) is 3. The minimum absolute atomic E-state index is 0.189. The van der Waals surface area contributed by atoms with Crippen LogP contribution in [0.5, 0.6) is 0 Å². The molecule has 3 rings (SSSR count). The van der Waals surface area contributed by atoms with Crippen LogP contribution < -0.4 is 11.1 Å². The Morgan fingerprint density at radius 2 is 1.92 bits per heavy atom. The van der Waals surface area contributed by atoms with E-state index in [-0.39, 0.29) is 11.8 Å². The monoisotopic (exact) mass is 343 g/mol. The number of carbonyl (C=O) groups excluding carboxylic acids is 1. The molecule has 1 aliphatic rings. The van der Waals surface area contributed by atoms with Gasteiger partial charge in [-0.3, -0.25) is 9.78 Å². The van der Waals surface area contributed by atoms with Gasteiger partial charge in [-0.2, -0.15) is 0 Å². The van der Waals surface area contributed by atoms with E-state index in [0.29, 0.717) is 17.3 Å². The normalized spacial score (nSPS) is 17.1. The van der Waals surface area contributed by atoms with Crippen molar-refractivity contribution in [3.05, 3.63) is 23.8 Å². The molecule has 0 unspecified atom stereocenters. The summed E-state index contributed by atoms with van der Waals surface area (Å²) in [6.45, 7) is 3.69. The smallest absolute Gasteiger partial charge is 0.242 e. The number of nitrogens with one attached hydrogen (secondary N) is 1. The lowest BCUT2D eigenvalue weighted by Gasteiger charge is -2.21. The number of amides is 1. The molecule has 7 heteroatoms. The van der Waals surface area contributed by atoms with Crippen LogP contribution in [0.2, 0.25) is 0 Å². The maximum absolute atomic E-state index is 12.4. The maximum atomic E-state index is 12.4. The number of hydrogen-bond acceptors (Lipinski definition) is 6. The third-order valence-corrected chi connectivity index (χ3v) is 4.90. The van der Waals surface area contributed by atoms with Gasteiger partial charge in [0.25, 0.3) is 0 Å². The molecule has 0 aliphatic heterocycles. The molecule has 7 nitrogen and oxygen atoms in total. The molecule has 25 heavy (non-hydrogen) atoms. The molecule has 0 bridgehead atoms. The van der Waals surface area contributed by atoms with E-state index in [9.17, 15) is 4.79 Å². The lowest BCUT2D eigenvalue weighted by molar-refractivity contribution is -0.118. The zero-order chi connectivity index (χ0) is 17.8. The lowest BCUT2D eigenvalue weighted by atomic mass is 9.92. The van der Waals surface area contributed by atoms with Crippen LogP contribution in [0.15, 0.2) is 16.9 Å². The van der Waals surface area contributed by atoms with Crippen LogP contribution in [0, 0.1) is 19.8 Å². The molecule has 0 saturated heterocycles. The van der Waals surface area contributed by atoms with Crippen molar-refractivity contribution >= 4 is 11.7 Å². The van der Waals surface area contributed by atoms with Crippen molar-refractivity contribution in [2.24, 2.45) is 11.7 Å². The SMILES string of the molecule is Cc1noc(C)c1-c1cnc(NC(=O)[C@@H](N)C2CCCCCC2)cn1. The number of aryl methyl sites for hydroxylation is 2. The molecule has 1 fully saturated rings. The first-order chi connectivity index (χ1) is 12.1. The highest BCUT2D eigenvalue weighted by atomic mass is 16.5. The zero-order valence-corrected chi connectivity index (χ0v) is 14.8. The molecule has 1 atom stereocenters. The molecule has 3 N–H and O–H groups in total. The summed E-state index contributed by atoms with van der Waals surface area (Å²) < 4.78 is 5.15. The van der Waals surface area contributed by atoms with Crippen molar-refractivity contribution in [3.8, 4) is 11.3 Å². The summed E-state index contributed by atoms with van der Waals surface area (Å²) in [5.74, 6) is 1.16. The van der Waals surface area contributed by atoms with Gasteiger partial charge in [0.05, 0.1) is 35.4 Å². The Morgan fingerprint density at radius 1 is 1.20 bits per heavy atom. The Balaban J connectivity index is 1.65. The van der Waals surface area contributed by atoms with Gasteiger partial charge < -0.3 is 15.6 Å². The number of anilines is 1. The first-order valence-electron chi connectivity index (χ1n) is 8.88. The van der Waals surface area contributed by atoms with Crippen LogP contribution in [0.3, 0.4) is 0 Å². The van der Waals surface area contributed by atoms with E-state index in [0.717, 1.165) is 36.9 Å². The lowest BCUT2D eigenvalue weighted by Crippen LogP contribution is -2.42. The molecule has 0 radical (unpaired) electrons. The van der Waals surface area contributed by atoms with Gasteiger partial charge in [0.15, 0.2) is 5.82 Å².